The first kappa shape index (κ1) is 17.6. The Morgan fingerprint density at radius 3 is 2.54 bits per heavy atom. The maximum absolute atomic E-state index is 12.3. The lowest BCUT2D eigenvalue weighted by Gasteiger charge is -2.26. The molecule has 128 valence electrons. The summed E-state index contributed by atoms with van der Waals surface area (Å²) >= 11 is 0. The van der Waals surface area contributed by atoms with Crippen molar-refractivity contribution in [2.75, 3.05) is 14.2 Å². The Labute approximate surface area is 138 Å². The summed E-state index contributed by atoms with van der Waals surface area (Å²) in [5.41, 5.74) is 0.639. The fraction of sp³-hybridized carbons (Fsp3) is 0.333. The van der Waals surface area contributed by atoms with Gasteiger partial charge in [-0.2, -0.15) is 5.10 Å². The Balaban J connectivity index is 2.10. The van der Waals surface area contributed by atoms with Crippen molar-refractivity contribution in [2.24, 2.45) is 0 Å². The van der Waals surface area contributed by atoms with Crippen LogP contribution in [-0.4, -0.2) is 41.1 Å². The molecule has 9 nitrogen and oxygen atoms in total. The molecule has 0 saturated heterocycles. The first-order valence-corrected chi connectivity index (χ1v) is 7.12. The number of carbonyl (C=O) groups excluding carboxylic acids is 1. The third-order valence-corrected chi connectivity index (χ3v) is 3.35. The SMILES string of the molecule is COC(OC)[C@H](NC(=O)Cn1cc([N+](=O)[O-])cn1)c1ccccc1. The van der Waals surface area contributed by atoms with Gasteiger partial charge in [0.05, 0.1) is 4.92 Å². The minimum atomic E-state index is -0.677. The summed E-state index contributed by atoms with van der Waals surface area (Å²) in [5, 5.41) is 17.2. The number of amides is 1. The number of carbonyl (C=O) groups is 1. The number of methoxy groups -OCH3 is 2. The molecule has 24 heavy (non-hydrogen) atoms. The molecule has 2 rings (SSSR count). The Kier molecular flexibility index (Phi) is 5.99. The van der Waals surface area contributed by atoms with Crippen molar-refractivity contribution in [1.29, 1.82) is 0 Å². The van der Waals surface area contributed by atoms with Gasteiger partial charge in [0.2, 0.25) is 5.91 Å². The molecule has 0 bridgehead atoms. The largest absolute Gasteiger partial charge is 0.353 e. The topological polar surface area (TPSA) is 109 Å². The van der Waals surface area contributed by atoms with Crippen molar-refractivity contribution < 1.29 is 19.2 Å². The molecule has 1 aromatic heterocycles. The van der Waals surface area contributed by atoms with Gasteiger partial charge in [0.15, 0.2) is 6.29 Å². The molecule has 0 aliphatic rings. The standard InChI is InChI=1S/C15H18N4O5/c1-23-15(24-2)14(11-6-4-3-5-7-11)17-13(20)10-18-9-12(8-16-18)19(21)22/h3-9,14-15H,10H2,1-2H3,(H,17,20)/t14-/m1/s1. The van der Waals surface area contributed by atoms with Crippen molar-refractivity contribution >= 4 is 11.6 Å². The van der Waals surface area contributed by atoms with Crippen LogP contribution in [0.5, 0.6) is 0 Å². The van der Waals surface area contributed by atoms with E-state index in [0.717, 1.165) is 11.8 Å². The van der Waals surface area contributed by atoms with E-state index in [0.29, 0.717) is 0 Å². The van der Waals surface area contributed by atoms with E-state index in [1.165, 1.54) is 25.1 Å². The quantitative estimate of drug-likeness (QED) is 0.442. The highest BCUT2D eigenvalue weighted by Gasteiger charge is 2.25. The zero-order chi connectivity index (χ0) is 17.5. The maximum atomic E-state index is 12.3. The maximum Gasteiger partial charge on any atom is 0.307 e. The van der Waals surface area contributed by atoms with Gasteiger partial charge in [0.1, 0.15) is 25.0 Å². The summed E-state index contributed by atoms with van der Waals surface area (Å²) in [4.78, 5) is 22.3. The van der Waals surface area contributed by atoms with Crippen LogP contribution in [0.1, 0.15) is 11.6 Å². The van der Waals surface area contributed by atoms with E-state index in [9.17, 15) is 14.9 Å². The fourth-order valence-corrected chi connectivity index (χ4v) is 2.24. The van der Waals surface area contributed by atoms with Crippen LogP contribution in [0.3, 0.4) is 0 Å². The number of nitrogens with zero attached hydrogens (tertiary/aromatic N) is 3. The van der Waals surface area contributed by atoms with Crippen molar-refractivity contribution in [3.63, 3.8) is 0 Å². The summed E-state index contributed by atoms with van der Waals surface area (Å²) < 4.78 is 11.7. The van der Waals surface area contributed by atoms with Gasteiger partial charge in [-0.1, -0.05) is 30.3 Å². The molecule has 1 atom stereocenters. The summed E-state index contributed by atoms with van der Waals surface area (Å²) in [6.45, 7) is -0.155. The lowest BCUT2D eigenvalue weighted by Crippen LogP contribution is -2.39. The zero-order valence-electron chi connectivity index (χ0n) is 13.3. The van der Waals surface area contributed by atoms with E-state index < -0.39 is 17.3 Å². The molecule has 9 heteroatoms. The number of rotatable bonds is 8. The predicted molar refractivity (Wildman–Crippen MR) is 84.0 cm³/mol. The van der Waals surface area contributed by atoms with Gasteiger partial charge in [0, 0.05) is 14.2 Å². The molecule has 1 N–H and O–H groups in total. The molecule has 1 aromatic carbocycles. The minimum absolute atomic E-state index is 0.155. The van der Waals surface area contributed by atoms with Crippen LogP contribution in [0, 0.1) is 10.1 Å². The highest BCUT2D eigenvalue weighted by atomic mass is 16.7. The van der Waals surface area contributed by atoms with Gasteiger partial charge >= 0.3 is 5.69 Å². The Morgan fingerprint density at radius 1 is 1.33 bits per heavy atom. The number of nitrogens with one attached hydrogen (secondary N) is 1. The molecule has 0 spiro atoms. The van der Waals surface area contributed by atoms with Crippen molar-refractivity contribution in [3.05, 3.63) is 58.4 Å². The van der Waals surface area contributed by atoms with Gasteiger partial charge < -0.3 is 14.8 Å². The fourth-order valence-electron chi connectivity index (χ4n) is 2.24. The molecule has 0 aliphatic heterocycles. The average Bonchev–Trinajstić information content (AvgIpc) is 3.04. The molecule has 0 saturated carbocycles. The van der Waals surface area contributed by atoms with E-state index >= 15 is 0 Å². The van der Waals surface area contributed by atoms with E-state index in [2.05, 4.69) is 10.4 Å². The lowest BCUT2D eigenvalue weighted by atomic mass is 10.1. The van der Waals surface area contributed by atoms with E-state index in [4.69, 9.17) is 9.47 Å². The van der Waals surface area contributed by atoms with Crippen LogP contribution in [0.4, 0.5) is 5.69 Å². The number of ether oxygens (including phenoxy) is 2. The molecule has 0 fully saturated rings. The number of hydrogen-bond acceptors (Lipinski definition) is 6. The second-order valence-electron chi connectivity index (χ2n) is 4.95. The summed E-state index contributed by atoms with van der Waals surface area (Å²) in [6.07, 6.45) is 1.61. The summed E-state index contributed by atoms with van der Waals surface area (Å²) in [6, 6.07) is 8.70. The third-order valence-electron chi connectivity index (χ3n) is 3.35. The first-order chi connectivity index (χ1) is 11.5. The number of aromatic nitrogens is 2. The van der Waals surface area contributed by atoms with Crippen molar-refractivity contribution in [2.45, 2.75) is 18.9 Å². The van der Waals surface area contributed by atoms with E-state index in [-0.39, 0.29) is 18.1 Å². The van der Waals surface area contributed by atoms with Gasteiger partial charge in [-0.05, 0) is 5.56 Å². The normalized spacial score (nSPS) is 12.1. The number of benzene rings is 1. The van der Waals surface area contributed by atoms with Crippen LogP contribution >= 0.6 is 0 Å². The minimum Gasteiger partial charge on any atom is -0.353 e. The Bertz CT molecular complexity index is 684. The van der Waals surface area contributed by atoms with Gasteiger partial charge in [-0.25, -0.2) is 0 Å². The van der Waals surface area contributed by atoms with Gasteiger partial charge in [-0.3, -0.25) is 19.6 Å². The zero-order valence-corrected chi connectivity index (χ0v) is 13.3. The Hall–Kier alpha value is -2.78. The van der Waals surface area contributed by atoms with E-state index in [1.807, 2.05) is 30.3 Å². The van der Waals surface area contributed by atoms with Crippen molar-refractivity contribution in [1.82, 2.24) is 15.1 Å². The first-order valence-electron chi connectivity index (χ1n) is 7.12. The van der Waals surface area contributed by atoms with Crippen LogP contribution in [-0.2, 0) is 20.8 Å². The molecule has 1 heterocycles. The number of nitro groups is 1. The van der Waals surface area contributed by atoms with Gasteiger partial charge in [0.25, 0.3) is 0 Å². The summed E-state index contributed by atoms with van der Waals surface area (Å²) in [7, 11) is 2.96. The molecule has 0 unspecified atom stereocenters. The average molecular weight is 334 g/mol. The molecular formula is C15H18N4O5. The second-order valence-corrected chi connectivity index (χ2v) is 4.95. The van der Waals surface area contributed by atoms with Crippen molar-refractivity contribution in [3.8, 4) is 0 Å². The molecular weight excluding hydrogens is 316 g/mol. The third kappa shape index (κ3) is 4.37. The smallest absolute Gasteiger partial charge is 0.307 e. The highest BCUT2D eigenvalue weighted by Crippen LogP contribution is 2.19. The van der Waals surface area contributed by atoms with Crippen LogP contribution in [0.25, 0.3) is 0 Å². The van der Waals surface area contributed by atoms with Crippen LogP contribution in [0.15, 0.2) is 42.7 Å². The van der Waals surface area contributed by atoms with Crippen LogP contribution < -0.4 is 5.32 Å². The second kappa shape index (κ2) is 8.18. The number of hydrogen-bond donors (Lipinski definition) is 1. The lowest BCUT2D eigenvalue weighted by molar-refractivity contribution is -0.385. The van der Waals surface area contributed by atoms with E-state index in [1.54, 1.807) is 0 Å². The monoisotopic (exact) mass is 334 g/mol. The molecule has 0 radical (unpaired) electrons. The Morgan fingerprint density at radius 2 is 2.00 bits per heavy atom. The summed E-state index contributed by atoms with van der Waals surface area (Å²) in [5.74, 6) is -0.374. The predicted octanol–water partition coefficient (Wildman–Crippen LogP) is 1.27. The van der Waals surface area contributed by atoms with Crippen LogP contribution in [0.2, 0.25) is 0 Å². The molecule has 2 aromatic rings. The van der Waals surface area contributed by atoms with Gasteiger partial charge in [-0.15, -0.1) is 0 Å². The molecule has 0 aliphatic carbocycles. The highest BCUT2D eigenvalue weighted by molar-refractivity contribution is 5.76. The molecule has 1 amide bonds.